The number of piperazine rings is 1. The zero-order chi connectivity index (χ0) is 21.9. The Balaban J connectivity index is 1.61. The third kappa shape index (κ3) is 5.24. The number of rotatable bonds is 7. The molecule has 2 saturated heterocycles. The predicted octanol–water partition coefficient (Wildman–Crippen LogP) is 3.25. The lowest BCUT2D eigenvalue weighted by atomic mass is 9.83. The Morgan fingerprint density at radius 2 is 1.80 bits per heavy atom. The normalized spacial score (nSPS) is 22.9. The molecule has 2 amide bonds. The number of carbonyl (C=O) groups is 3. The van der Waals surface area contributed by atoms with Crippen LogP contribution in [0.3, 0.4) is 0 Å². The summed E-state index contributed by atoms with van der Waals surface area (Å²) >= 11 is 13.8. The second-order valence-corrected chi connectivity index (χ2v) is 9.88. The molecule has 3 rings (SSSR count). The SMILES string of the molecule is CSCC[C@@]1(C[C@@H](C)C(=O)N2CCN(c3cc(Cl)cc(Cl)c3)CC2)NC(=O)CC1=O. The standard InChI is InChI=1S/C21H27Cl2N3O3S/c1-14(13-21(3-8-30-2)18(27)12-19(28)24-21)20(29)26-6-4-25(5-7-26)17-10-15(22)9-16(23)11-17/h9-11,14H,3-8,12-13H2,1-2H3,(H,24,28)/t14-,21+/m1/s1. The van der Waals surface area contributed by atoms with Gasteiger partial charge in [0.25, 0.3) is 0 Å². The van der Waals surface area contributed by atoms with Crippen LogP contribution in [0, 0.1) is 5.92 Å². The highest BCUT2D eigenvalue weighted by atomic mass is 35.5. The van der Waals surface area contributed by atoms with Crippen molar-refractivity contribution in [3.05, 3.63) is 28.2 Å². The molecule has 30 heavy (non-hydrogen) atoms. The monoisotopic (exact) mass is 471 g/mol. The van der Waals surface area contributed by atoms with Crippen molar-refractivity contribution >= 4 is 58.2 Å². The number of hydrogen-bond donors (Lipinski definition) is 1. The first kappa shape index (κ1) is 23.2. The van der Waals surface area contributed by atoms with Gasteiger partial charge in [-0.2, -0.15) is 11.8 Å². The van der Waals surface area contributed by atoms with Gasteiger partial charge in [0.15, 0.2) is 5.78 Å². The van der Waals surface area contributed by atoms with Crippen LogP contribution in [0.25, 0.3) is 0 Å². The van der Waals surface area contributed by atoms with Crippen LogP contribution in [-0.4, -0.2) is 66.2 Å². The van der Waals surface area contributed by atoms with E-state index in [1.54, 1.807) is 17.8 Å². The number of nitrogens with one attached hydrogen (secondary N) is 1. The molecule has 2 aliphatic heterocycles. The van der Waals surface area contributed by atoms with Crippen molar-refractivity contribution in [2.45, 2.75) is 31.7 Å². The van der Waals surface area contributed by atoms with E-state index < -0.39 is 5.54 Å². The molecule has 0 unspecified atom stereocenters. The molecule has 2 aliphatic rings. The zero-order valence-electron chi connectivity index (χ0n) is 17.2. The number of halogens is 2. The molecule has 0 aromatic heterocycles. The minimum absolute atomic E-state index is 0.0243. The first-order valence-electron chi connectivity index (χ1n) is 10.1. The Kier molecular flexibility index (Phi) is 7.58. The van der Waals surface area contributed by atoms with E-state index in [4.69, 9.17) is 23.2 Å². The Morgan fingerprint density at radius 1 is 1.17 bits per heavy atom. The minimum atomic E-state index is -0.908. The van der Waals surface area contributed by atoms with Crippen LogP contribution in [0.15, 0.2) is 18.2 Å². The van der Waals surface area contributed by atoms with Crippen molar-refractivity contribution in [1.29, 1.82) is 0 Å². The lowest BCUT2D eigenvalue weighted by molar-refractivity contribution is -0.136. The van der Waals surface area contributed by atoms with Crippen LogP contribution in [-0.2, 0) is 14.4 Å². The Morgan fingerprint density at radius 3 is 2.33 bits per heavy atom. The van der Waals surface area contributed by atoms with Crippen LogP contribution >= 0.6 is 35.0 Å². The largest absolute Gasteiger partial charge is 0.368 e. The fourth-order valence-electron chi connectivity index (χ4n) is 4.27. The van der Waals surface area contributed by atoms with E-state index in [0.29, 0.717) is 49.1 Å². The highest BCUT2D eigenvalue weighted by molar-refractivity contribution is 7.98. The summed E-state index contributed by atoms with van der Waals surface area (Å²) in [7, 11) is 0. The number of nitrogens with zero attached hydrogens (tertiary/aromatic N) is 2. The van der Waals surface area contributed by atoms with Gasteiger partial charge >= 0.3 is 0 Å². The molecule has 2 fully saturated rings. The molecule has 9 heteroatoms. The van der Waals surface area contributed by atoms with E-state index in [0.717, 1.165) is 11.4 Å². The van der Waals surface area contributed by atoms with E-state index in [-0.39, 0.29) is 29.9 Å². The summed E-state index contributed by atoms with van der Waals surface area (Å²) < 4.78 is 0. The van der Waals surface area contributed by atoms with Crippen molar-refractivity contribution in [2.75, 3.05) is 43.1 Å². The summed E-state index contributed by atoms with van der Waals surface area (Å²) in [6.07, 6.45) is 2.78. The molecular weight excluding hydrogens is 445 g/mol. The van der Waals surface area contributed by atoms with Gasteiger partial charge in [0.05, 0.1) is 6.42 Å². The van der Waals surface area contributed by atoms with Crippen LogP contribution in [0.1, 0.15) is 26.2 Å². The number of amides is 2. The number of hydrogen-bond acceptors (Lipinski definition) is 5. The summed E-state index contributed by atoms with van der Waals surface area (Å²) in [4.78, 5) is 41.5. The maximum atomic E-state index is 13.1. The quantitative estimate of drug-likeness (QED) is 0.618. The van der Waals surface area contributed by atoms with Crippen molar-refractivity contribution in [3.63, 3.8) is 0 Å². The third-order valence-corrected chi connectivity index (χ3v) is 6.90. The maximum Gasteiger partial charge on any atom is 0.228 e. The summed E-state index contributed by atoms with van der Waals surface area (Å²) in [5, 5.41) is 4.05. The van der Waals surface area contributed by atoms with Gasteiger partial charge < -0.3 is 15.1 Å². The van der Waals surface area contributed by atoms with Gasteiger partial charge in [0.2, 0.25) is 11.8 Å². The van der Waals surface area contributed by atoms with Gasteiger partial charge in [0.1, 0.15) is 5.54 Å². The molecule has 1 aromatic carbocycles. The summed E-state index contributed by atoms with van der Waals surface area (Å²) in [5.74, 6) is 0.101. The number of thioether (sulfide) groups is 1. The Labute approximate surface area is 191 Å². The lowest BCUT2D eigenvalue weighted by Gasteiger charge is -2.38. The Hall–Kier alpha value is -1.44. The fourth-order valence-corrected chi connectivity index (χ4v) is 5.34. The van der Waals surface area contributed by atoms with Gasteiger partial charge in [-0.15, -0.1) is 0 Å². The Bertz CT molecular complexity index is 809. The second-order valence-electron chi connectivity index (χ2n) is 8.02. The molecule has 0 radical (unpaired) electrons. The molecular formula is C21H27Cl2N3O3S. The van der Waals surface area contributed by atoms with E-state index in [1.165, 1.54) is 0 Å². The van der Waals surface area contributed by atoms with E-state index in [2.05, 4.69) is 10.2 Å². The molecule has 2 heterocycles. The summed E-state index contributed by atoms with van der Waals surface area (Å²) in [6.45, 7) is 4.39. The van der Waals surface area contributed by atoms with E-state index >= 15 is 0 Å². The van der Waals surface area contributed by atoms with Crippen LogP contribution < -0.4 is 10.2 Å². The molecule has 0 saturated carbocycles. The van der Waals surface area contributed by atoms with Crippen molar-refractivity contribution in [1.82, 2.24) is 10.2 Å². The average molecular weight is 472 g/mol. The highest BCUT2D eigenvalue weighted by Crippen LogP contribution is 2.31. The first-order chi connectivity index (χ1) is 14.2. The molecule has 6 nitrogen and oxygen atoms in total. The van der Waals surface area contributed by atoms with Gasteiger partial charge in [-0.25, -0.2) is 0 Å². The number of anilines is 1. The van der Waals surface area contributed by atoms with Crippen molar-refractivity contribution in [2.24, 2.45) is 5.92 Å². The van der Waals surface area contributed by atoms with E-state index in [9.17, 15) is 14.4 Å². The lowest BCUT2D eigenvalue weighted by Crippen LogP contribution is -2.53. The van der Waals surface area contributed by atoms with Gasteiger partial charge in [-0.05, 0) is 43.0 Å². The maximum absolute atomic E-state index is 13.1. The first-order valence-corrected chi connectivity index (χ1v) is 12.2. The second kappa shape index (κ2) is 9.79. The molecule has 1 aromatic rings. The van der Waals surface area contributed by atoms with Gasteiger partial charge in [-0.1, -0.05) is 30.1 Å². The fraction of sp³-hybridized carbons (Fsp3) is 0.571. The predicted molar refractivity (Wildman–Crippen MR) is 123 cm³/mol. The average Bonchev–Trinajstić information content (AvgIpc) is 2.98. The molecule has 0 bridgehead atoms. The number of carbonyl (C=O) groups excluding carboxylic acids is 3. The molecule has 0 aliphatic carbocycles. The number of Topliss-reactive ketones (excluding diaryl/α,β-unsaturated/α-hetero) is 1. The molecule has 0 spiro atoms. The van der Waals surface area contributed by atoms with E-state index in [1.807, 2.05) is 30.2 Å². The molecule has 1 N–H and O–H groups in total. The number of benzene rings is 1. The number of ketones is 1. The van der Waals surface area contributed by atoms with Crippen molar-refractivity contribution < 1.29 is 14.4 Å². The van der Waals surface area contributed by atoms with Gasteiger partial charge in [-0.3, -0.25) is 14.4 Å². The molecule has 164 valence electrons. The third-order valence-electron chi connectivity index (χ3n) is 5.85. The molecule has 2 atom stereocenters. The zero-order valence-corrected chi connectivity index (χ0v) is 19.6. The summed E-state index contributed by atoms with van der Waals surface area (Å²) in [6, 6.07) is 5.44. The van der Waals surface area contributed by atoms with Crippen LogP contribution in [0.2, 0.25) is 10.0 Å². The smallest absolute Gasteiger partial charge is 0.228 e. The van der Waals surface area contributed by atoms with Crippen LogP contribution in [0.5, 0.6) is 0 Å². The minimum Gasteiger partial charge on any atom is -0.368 e. The highest BCUT2D eigenvalue weighted by Gasteiger charge is 2.47. The topological polar surface area (TPSA) is 69.7 Å². The summed E-state index contributed by atoms with van der Waals surface area (Å²) in [5.41, 5.74) is 0.0390. The van der Waals surface area contributed by atoms with Crippen LogP contribution in [0.4, 0.5) is 5.69 Å². The van der Waals surface area contributed by atoms with Gasteiger partial charge in [0, 0.05) is 47.8 Å². The van der Waals surface area contributed by atoms with Crippen molar-refractivity contribution in [3.8, 4) is 0 Å².